The lowest BCUT2D eigenvalue weighted by molar-refractivity contribution is 0.0601. The Morgan fingerprint density at radius 3 is 2.58 bits per heavy atom. The summed E-state index contributed by atoms with van der Waals surface area (Å²) in [5, 5.41) is 0.362. The smallest absolute Gasteiger partial charge is 0.337 e. The van der Waals surface area contributed by atoms with E-state index < -0.39 is 11.7 Å². The molecule has 1 aromatic heterocycles. The van der Waals surface area contributed by atoms with Crippen molar-refractivity contribution in [3.63, 3.8) is 0 Å². The number of benzene rings is 1. The van der Waals surface area contributed by atoms with Crippen molar-refractivity contribution >= 4 is 16.9 Å². The van der Waals surface area contributed by atoms with Crippen LogP contribution in [0.1, 0.15) is 30.2 Å². The highest BCUT2D eigenvalue weighted by atomic mass is 16.5. The van der Waals surface area contributed by atoms with Crippen LogP contribution >= 0.6 is 0 Å². The Labute approximate surface area is 108 Å². The molecule has 6 nitrogen and oxygen atoms in total. The summed E-state index contributed by atoms with van der Waals surface area (Å²) < 4.78 is 5.73. The molecule has 0 aliphatic heterocycles. The van der Waals surface area contributed by atoms with Crippen LogP contribution in [0.4, 0.5) is 0 Å². The number of H-pyrrole nitrogens is 1. The maximum absolute atomic E-state index is 12.2. The second kappa shape index (κ2) is 4.72. The average Bonchev–Trinajstić information content (AvgIpc) is 2.36. The molecule has 0 radical (unpaired) electrons. The number of carbonyl (C=O) groups excluding carboxylic acids is 1. The molecular weight excluding hydrogens is 248 g/mol. The molecule has 100 valence electrons. The normalized spacial score (nSPS) is 10.9. The van der Waals surface area contributed by atoms with Gasteiger partial charge in [0.25, 0.3) is 5.56 Å². The largest absolute Gasteiger partial charge is 0.465 e. The summed E-state index contributed by atoms with van der Waals surface area (Å²) in [4.78, 5) is 38.0. The molecule has 0 aliphatic carbocycles. The first-order chi connectivity index (χ1) is 8.95. The number of esters is 1. The van der Waals surface area contributed by atoms with Gasteiger partial charge in [-0.15, -0.1) is 0 Å². The van der Waals surface area contributed by atoms with Crippen molar-refractivity contribution in [1.82, 2.24) is 9.55 Å². The third-order valence-corrected chi connectivity index (χ3v) is 2.87. The van der Waals surface area contributed by atoms with E-state index >= 15 is 0 Å². The van der Waals surface area contributed by atoms with E-state index in [9.17, 15) is 14.4 Å². The molecule has 19 heavy (non-hydrogen) atoms. The van der Waals surface area contributed by atoms with Gasteiger partial charge in [0.05, 0.1) is 23.6 Å². The van der Waals surface area contributed by atoms with E-state index in [4.69, 9.17) is 0 Å². The van der Waals surface area contributed by atoms with E-state index in [1.807, 2.05) is 0 Å². The summed E-state index contributed by atoms with van der Waals surface area (Å²) in [5.41, 5.74) is -0.248. The first-order valence-electron chi connectivity index (χ1n) is 5.82. The molecule has 1 aromatic carbocycles. The molecule has 0 fully saturated rings. The van der Waals surface area contributed by atoms with Gasteiger partial charge in [-0.05, 0) is 32.0 Å². The van der Waals surface area contributed by atoms with Crippen molar-refractivity contribution in [2.75, 3.05) is 7.11 Å². The Kier molecular flexibility index (Phi) is 3.25. The SMILES string of the molecule is COC(=O)c1ccc2c(=O)n(C(C)C)c(=O)[nH]c2c1. The van der Waals surface area contributed by atoms with Gasteiger partial charge >= 0.3 is 11.7 Å². The molecule has 0 unspecified atom stereocenters. The summed E-state index contributed by atoms with van der Waals surface area (Å²) in [6.07, 6.45) is 0. The van der Waals surface area contributed by atoms with Crippen molar-refractivity contribution in [3.05, 3.63) is 44.6 Å². The van der Waals surface area contributed by atoms with Gasteiger partial charge in [-0.25, -0.2) is 9.59 Å². The van der Waals surface area contributed by atoms with E-state index in [0.717, 1.165) is 4.57 Å². The number of hydrogen-bond acceptors (Lipinski definition) is 4. The minimum atomic E-state index is -0.518. The predicted octanol–water partition coefficient (Wildman–Crippen LogP) is 1.06. The lowest BCUT2D eigenvalue weighted by atomic mass is 10.1. The summed E-state index contributed by atoms with van der Waals surface area (Å²) >= 11 is 0. The van der Waals surface area contributed by atoms with Crippen LogP contribution in [0.5, 0.6) is 0 Å². The Morgan fingerprint density at radius 1 is 1.32 bits per heavy atom. The maximum Gasteiger partial charge on any atom is 0.337 e. The zero-order valence-electron chi connectivity index (χ0n) is 10.9. The number of carbonyl (C=O) groups is 1. The van der Waals surface area contributed by atoms with Gasteiger partial charge in [-0.2, -0.15) is 0 Å². The minimum Gasteiger partial charge on any atom is -0.465 e. The molecular formula is C13H14N2O4. The van der Waals surface area contributed by atoms with Crippen LogP contribution in [-0.2, 0) is 4.74 Å². The second-order valence-electron chi connectivity index (χ2n) is 4.45. The molecule has 1 heterocycles. The van der Waals surface area contributed by atoms with Crippen LogP contribution in [0.25, 0.3) is 10.9 Å². The number of aromatic amines is 1. The molecule has 0 aliphatic rings. The number of ether oxygens (including phenoxy) is 1. The highest BCUT2D eigenvalue weighted by Gasteiger charge is 2.12. The fourth-order valence-electron chi connectivity index (χ4n) is 1.95. The highest BCUT2D eigenvalue weighted by molar-refractivity contribution is 5.93. The van der Waals surface area contributed by atoms with Gasteiger partial charge in [-0.3, -0.25) is 9.36 Å². The third-order valence-electron chi connectivity index (χ3n) is 2.87. The van der Waals surface area contributed by atoms with Crippen molar-refractivity contribution in [2.45, 2.75) is 19.9 Å². The third kappa shape index (κ3) is 2.16. The highest BCUT2D eigenvalue weighted by Crippen LogP contribution is 2.10. The van der Waals surface area contributed by atoms with Crippen LogP contribution in [0.2, 0.25) is 0 Å². The number of methoxy groups -OCH3 is 1. The first-order valence-corrected chi connectivity index (χ1v) is 5.82. The number of nitrogens with zero attached hydrogens (tertiary/aromatic N) is 1. The average molecular weight is 262 g/mol. The van der Waals surface area contributed by atoms with Gasteiger partial charge in [0.2, 0.25) is 0 Å². The topological polar surface area (TPSA) is 81.2 Å². The van der Waals surface area contributed by atoms with Gasteiger partial charge in [0.15, 0.2) is 0 Å². The molecule has 0 spiro atoms. The lowest BCUT2D eigenvalue weighted by Crippen LogP contribution is -2.36. The van der Waals surface area contributed by atoms with Gasteiger partial charge in [0, 0.05) is 6.04 Å². The van der Waals surface area contributed by atoms with Crippen molar-refractivity contribution in [2.24, 2.45) is 0 Å². The Morgan fingerprint density at radius 2 is 2.00 bits per heavy atom. The predicted molar refractivity (Wildman–Crippen MR) is 70.6 cm³/mol. The monoisotopic (exact) mass is 262 g/mol. The Bertz CT molecular complexity index is 755. The second-order valence-corrected chi connectivity index (χ2v) is 4.45. The van der Waals surface area contributed by atoms with Crippen molar-refractivity contribution in [1.29, 1.82) is 0 Å². The quantitative estimate of drug-likeness (QED) is 0.820. The molecule has 1 N–H and O–H groups in total. The summed E-state index contributed by atoms with van der Waals surface area (Å²) in [6, 6.07) is 4.22. The van der Waals surface area contributed by atoms with E-state index in [1.165, 1.54) is 25.3 Å². The molecule has 0 atom stereocenters. The van der Waals surface area contributed by atoms with Gasteiger partial charge < -0.3 is 9.72 Å². The van der Waals surface area contributed by atoms with Gasteiger partial charge in [0.1, 0.15) is 0 Å². The molecule has 0 saturated carbocycles. The van der Waals surface area contributed by atoms with Crippen LogP contribution < -0.4 is 11.2 Å². The van der Waals surface area contributed by atoms with Crippen molar-refractivity contribution in [3.8, 4) is 0 Å². The fourth-order valence-corrected chi connectivity index (χ4v) is 1.95. The molecule has 0 saturated heterocycles. The minimum absolute atomic E-state index is 0.235. The number of hydrogen-bond donors (Lipinski definition) is 1. The van der Waals surface area contributed by atoms with Crippen molar-refractivity contribution < 1.29 is 9.53 Å². The summed E-state index contributed by atoms with van der Waals surface area (Å²) in [7, 11) is 1.27. The molecule has 0 bridgehead atoms. The number of nitrogens with one attached hydrogen (secondary N) is 1. The number of rotatable bonds is 2. The Hall–Kier alpha value is -2.37. The van der Waals surface area contributed by atoms with Crippen LogP contribution in [-0.4, -0.2) is 22.6 Å². The Balaban J connectivity index is 2.78. The zero-order valence-corrected chi connectivity index (χ0v) is 10.9. The molecule has 2 rings (SSSR count). The standard InChI is InChI=1S/C13H14N2O4/c1-7(2)15-11(16)9-5-4-8(12(17)19-3)6-10(9)14-13(15)18/h4-7H,1-3H3,(H,14,18). The fraction of sp³-hybridized carbons (Fsp3) is 0.308. The van der Waals surface area contributed by atoms with E-state index in [1.54, 1.807) is 13.8 Å². The number of fused-ring (bicyclic) bond motifs is 1. The first kappa shape index (κ1) is 13.1. The van der Waals surface area contributed by atoms with E-state index in [2.05, 4.69) is 9.72 Å². The summed E-state index contributed by atoms with van der Waals surface area (Å²) in [6.45, 7) is 3.51. The van der Waals surface area contributed by atoms with Gasteiger partial charge in [-0.1, -0.05) is 0 Å². The maximum atomic E-state index is 12.2. The summed E-state index contributed by atoms with van der Waals surface area (Å²) in [5.74, 6) is -0.518. The van der Waals surface area contributed by atoms with E-state index in [0.29, 0.717) is 10.9 Å². The molecule has 2 aromatic rings. The lowest BCUT2D eigenvalue weighted by Gasteiger charge is -2.09. The molecule has 6 heteroatoms. The van der Waals surface area contributed by atoms with Crippen LogP contribution in [0, 0.1) is 0 Å². The number of aromatic nitrogens is 2. The van der Waals surface area contributed by atoms with Crippen LogP contribution in [0.15, 0.2) is 27.8 Å². The molecule has 0 amide bonds. The van der Waals surface area contributed by atoms with Crippen LogP contribution in [0.3, 0.4) is 0 Å². The van der Waals surface area contributed by atoms with E-state index in [-0.39, 0.29) is 17.2 Å². The zero-order chi connectivity index (χ0) is 14.2.